The zero-order valence-corrected chi connectivity index (χ0v) is 33.9. The van der Waals surface area contributed by atoms with E-state index in [4.69, 9.17) is 23.7 Å². The average Bonchev–Trinajstić information content (AvgIpc) is 3.11. The zero-order valence-electron chi connectivity index (χ0n) is 33.9. The maximum Gasteiger partial charge on any atom is 0.312 e. The fourth-order valence-electron chi connectivity index (χ4n) is 8.40. The van der Waals surface area contributed by atoms with E-state index in [0.29, 0.717) is 18.5 Å². The van der Waals surface area contributed by atoms with Gasteiger partial charge in [0.2, 0.25) is 0 Å². The van der Waals surface area contributed by atoms with Crippen molar-refractivity contribution in [1.29, 1.82) is 0 Å². The van der Waals surface area contributed by atoms with E-state index in [-0.39, 0.29) is 31.1 Å². The van der Waals surface area contributed by atoms with Gasteiger partial charge in [-0.3, -0.25) is 19.3 Å². The minimum atomic E-state index is -2.02. The molecule has 0 spiro atoms. The highest BCUT2D eigenvalue weighted by atomic mass is 19.1. The first-order valence-corrected chi connectivity index (χ1v) is 19.0. The van der Waals surface area contributed by atoms with Crippen LogP contribution < -0.4 is 0 Å². The van der Waals surface area contributed by atoms with Crippen molar-refractivity contribution in [2.75, 3.05) is 20.7 Å². The van der Waals surface area contributed by atoms with Crippen LogP contribution in [0.4, 0.5) is 4.39 Å². The van der Waals surface area contributed by atoms with Gasteiger partial charge >= 0.3 is 11.9 Å². The molecular formula is C41H64FNO11. The van der Waals surface area contributed by atoms with Crippen LogP contribution in [0.15, 0.2) is 36.9 Å². The molecule has 2 aliphatic heterocycles. The summed E-state index contributed by atoms with van der Waals surface area (Å²) in [6.45, 7) is 19.0. The molecule has 0 radical (unpaired) electrons. The highest BCUT2D eigenvalue weighted by Gasteiger charge is 2.56. The van der Waals surface area contributed by atoms with Crippen molar-refractivity contribution >= 4 is 17.7 Å². The van der Waals surface area contributed by atoms with Crippen molar-refractivity contribution in [3.05, 3.63) is 48.3 Å². The van der Waals surface area contributed by atoms with Gasteiger partial charge in [-0.15, -0.1) is 6.58 Å². The Bertz CT molecular complexity index is 1460. The van der Waals surface area contributed by atoms with E-state index in [1.165, 1.54) is 46.1 Å². The van der Waals surface area contributed by atoms with Crippen LogP contribution in [0.3, 0.4) is 0 Å². The lowest BCUT2D eigenvalue weighted by Gasteiger charge is -2.52. The monoisotopic (exact) mass is 765 g/mol. The van der Waals surface area contributed by atoms with Gasteiger partial charge in [-0.05, 0) is 78.6 Å². The Morgan fingerprint density at radius 3 is 2.31 bits per heavy atom. The zero-order chi connectivity index (χ0) is 40.9. The number of halogens is 1. The number of benzene rings is 1. The number of likely N-dealkylation sites (N-methyl/N-ethyl adjacent to an activating group) is 1. The quantitative estimate of drug-likeness (QED) is 0.228. The Balaban J connectivity index is 2.24. The minimum absolute atomic E-state index is 0.0259. The molecule has 0 aliphatic carbocycles. The van der Waals surface area contributed by atoms with Crippen LogP contribution in [0.25, 0.3) is 0 Å². The largest absolute Gasteiger partial charge is 0.461 e. The number of Topliss-reactive ketones (excluding diaryl/α,β-unsaturated/α-hetero) is 1. The third-order valence-corrected chi connectivity index (χ3v) is 11.7. The topological polar surface area (TPSA) is 161 Å². The highest BCUT2D eigenvalue weighted by molar-refractivity contribution is 5.83. The maximum atomic E-state index is 14.1. The van der Waals surface area contributed by atoms with Crippen LogP contribution >= 0.6 is 0 Å². The van der Waals surface area contributed by atoms with E-state index in [1.807, 2.05) is 18.9 Å². The molecule has 14 atom stereocenters. The van der Waals surface area contributed by atoms with E-state index >= 15 is 0 Å². The van der Waals surface area contributed by atoms with Gasteiger partial charge in [0.15, 0.2) is 5.79 Å². The second kappa shape index (κ2) is 18.4. The number of hydrogen-bond acceptors (Lipinski definition) is 12. The number of carbonyl (C=O) groups is 3. The molecule has 2 aliphatic rings. The average molecular weight is 766 g/mol. The number of esters is 2. The number of hydrogen-bond donors (Lipinski definition) is 3. The summed E-state index contributed by atoms with van der Waals surface area (Å²) in [6.07, 6.45) is -4.78. The number of ketones is 1. The lowest BCUT2D eigenvalue weighted by atomic mass is 9.73. The highest BCUT2D eigenvalue weighted by Crippen LogP contribution is 2.43. The van der Waals surface area contributed by atoms with Crippen LogP contribution in [-0.2, 0) is 44.5 Å². The van der Waals surface area contributed by atoms with Crippen LogP contribution in [-0.4, -0.2) is 118 Å². The lowest BCUT2D eigenvalue weighted by molar-refractivity contribution is -0.358. The third-order valence-electron chi connectivity index (χ3n) is 11.7. The lowest BCUT2D eigenvalue weighted by Crippen LogP contribution is -2.65. The van der Waals surface area contributed by atoms with Crippen LogP contribution in [0.1, 0.15) is 87.1 Å². The van der Waals surface area contributed by atoms with Crippen molar-refractivity contribution in [3.8, 4) is 0 Å². The molecule has 0 aromatic heterocycles. The van der Waals surface area contributed by atoms with Crippen LogP contribution in [0, 0.1) is 29.5 Å². The first-order valence-electron chi connectivity index (χ1n) is 19.0. The Labute approximate surface area is 320 Å². The molecule has 0 saturated carbocycles. The van der Waals surface area contributed by atoms with E-state index in [2.05, 4.69) is 6.58 Å². The molecule has 2 saturated heterocycles. The smallest absolute Gasteiger partial charge is 0.312 e. The van der Waals surface area contributed by atoms with Crippen molar-refractivity contribution in [2.24, 2.45) is 23.7 Å². The predicted octanol–water partition coefficient (Wildman–Crippen LogP) is 4.39. The van der Waals surface area contributed by atoms with E-state index in [9.17, 15) is 34.1 Å². The number of nitrogens with zero attached hydrogens (tertiary/aromatic N) is 1. The summed E-state index contributed by atoms with van der Waals surface area (Å²) in [6, 6.07) is 5.11. The molecule has 13 heteroatoms. The van der Waals surface area contributed by atoms with Crippen molar-refractivity contribution in [1.82, 2.24) is 4.90 Å². The normalized spacial score (nSPS) is 40.1. The molecule has 0 bridgehead atoms. The number of ether oxygens (including phenoxy) is 5. The Morgan fingerprint density at radius 1 is 1.09 bits per heavy atom. The minimum Gasteiger partial charge on any atom is -0.461 e. The summed E-state index contributed by atoms with van der Waals surface area (Å²) in [5, 5.41) is 34.9. The van der Waals surface area contributed by atoms with Crippen molar-refractivity contribution in [2.45, 2.75) is 148 Å². The molecule has 1 aromatic carbocycles. The van der Waals surface area contributed by atoms with Gasteiger partial charge in [0.25, 0.3) is 0 Å². The second-order valence-corrected chi connectivity index (χ2v) is 16.2. The molecule has 54 heavy (non-hydrogen) atoms. The van der Waals surface area contributed by atoms with Gasteiger partial charge in [-0.1, -0.05) is 45.9 Å². The van der Waals surface area contributed by atoms with E-state index in [1.54, 1.807) is 46.8 Å². The SMILES string of the molecule is C=CCN(C)[C@H]1C[C@@H](C)O[C@@](C)(O[C@@H]2[C@@H](C)[C@H](OC(=O)Cc3cccc(F)c3)[C@@H](C)C(=O)O[C@H](CC)[C@@](C)(O)[C@H](O)[C@@H](C)C(=O)[C@H](C)C[C@@]2(C)OC)[C@@H]1O. The molecule has 306 valence electrons. The second-order valence-electron chi connectivity index (χ2n) is 16.2. The number of rotatable bonds is 10. The molecule has 3 N–H and O–H groups in total. The molecule has 2 fully saturated rings. The van der Waals surface area contributed by atoms with Gasteiger partial charge in [0.05, 0.1) is 36.3 Å². The van der Waals surface area contributed by atoms with Gasteiger partial charge in [-0.25, -0.2) is 4.39 Å². The maximum absolute atomic E-state index is 14.1. The number of aliphatic hydroxyl groups is 3. The van der Waals surface area contributed by atoms with Gasteiger partial charge in [-0.2, -0.15) is 0 Å². The van der Waals surface area contributed by atoms with Crippen LogP contribution in [0.5, 0.6) is 0 Å². The van der Waals surface area contributed by atoms with Crippen molar-refractivity contribution < 1.29 is 57.8 Å². The summed E-state index contributed by atoms with van der Waals surface area (Å²) in [5.74, 6) is -8.09. The Hall–Kier alpha value is -2.78. The molecule has 2 heterocycles. The van der Waals surface area contributed by atoms with Crippen molar-refractivity contribution in [3.63, 3.8) is 0 Å². The Morgan fingerprint density at radius 2 is 1.74 bits per heavy atom. The summed E-state index contributed by atoms with van der Waals surface area (Å²) < 4.78 is 45.6. The van der Waals surface area contributed by atoms with E-state index < -0.39 is 95.0 Å². The first kappa shape index (κ1) is 45.6. The van der Waals surface area contributed by atoms with Crippen LogP contribution in [0.2, 0.25) is 0 Å². The molecule has 1 aromatic rings. The molecule has 0 amide bonds. The van der Waals surface area contributed by atoms with Gasteiger partial charge in [0, 0.05) is 37.5 Å². The standard InChI is InChI=1S/C41H64FNO11/c1-13-18-43(11)30-19-24(4)53-41(10,36(30)47)54-37-26(6)34(52-32(44)21-28-16-15-17-29(42)20-28)27(7)38(48)51-31(14-2)40(9,49)35(46)25(5)33(45)23(3)22-39(37,8)50-12/h13,15-17,20,23-27,30-31,34-37,46-47,49H,1,14,18-19,21-22H2,2-12H3/t23-,24-,25+,26+,27-,30+,31-,34+,35-,36-,37-,39-,40-,41+/m1/s1. The summed E-state index contributed by atoms with van der Waals surface area (Å²) in [4.78, 5) is 43.7. The molecule has 0 unspecified atom stereocenters. The summed E-state index contributed by atoms with van der Waals surface area (Å²) in [5.41, 5.74) is -3.04. The van der Waals surface area contributed by atoms with Gasteiger partial charge in [0.1, 0.15) is 35.5 Å². The fourth-order valence-corrected chi connectivity index (χ4v) is 8.40. The molecular weight excluding hydrogens is 701 g/mol. The summed E-state index contributed by atoms with van der Waals surface area (Å²) in [7, 11) is 3.31. The first-order chi connectivity index (χ1) is 25.1. The number of methoxy groups -OCH3 is 1. The van der Waals surface area contributed by atoms with E-state index in [0.717, 1.165) is 0 Å². The summed E-state index contributed by atoms with van der Waals surface area (Å²) >= 11 is 0. The number of aliphatic hydroxyl groups excluding tert-OH is 2. The fraction of sp³-hybridized carbons (Fsp3) is 0.732. The number of cyclic esters (lactones) is 1. The molecule has 12 nitrogen and oxygen atoms in total. The predicted molar refractivity (Wildman–Crippen MR) is 200 cm³/mol. The van der Waals surface area contributed by atoms with Gasteiger partial charge < -0.3 is 39.0 Å². The number of carbonyl (C=O) groups excluding carboxylic acids is 3. The third kappa shape index (κ3) is 10.1. The molecule has 3 rings (SSSR count). The Kier molecular flexibility index (Phi) is 15.6.